The van der Waals surface area contributed by atoms with Crippen molar-refractivity contribution in [1.82, 2.24) is 10.3 Å². The lowest BCUT2D eigenvalue weighted by molar-refractivity contribution is -0.896. The Labute approximate surface area is 136 Å². The largest absolute Gasteiger partial charge is 0.507 e. The molecule has 1 aromatic rings. The third kappa shape index (κ3) is 4.13. The maximum absolute atomic E-state index is 12.3. The Morgan fingerprint density at radius 3 is 2.65 bits per heavy atom. The van der Waals surface area contributed by atoms with E-state index in [0.717, 1.165) is 56.6 Å². The van der Waals surface area contributed by atoms with Crippen LogP contribution in [0.5, 0.6) is 5.75 Å². The van der Waals surface area contributed by atoms with Crippen LogP contribution in [0.3, 0.4) is 0 Å². The number of quaternary nitrogens is 1. The lowest BCUT2D eigenvalue weighted by Gasteiger charge is -2.18. The number of carbonyl (C=O) groups excluding carboxylic acids is 1. The number of rotatable bonds is 7. The van der Waals surface area contributed by atoms with Gasteiger partial charge >= 0.3 is 0 Å². The zero-order valence-electron chi connectivity index (χ0n) is 14.1. The van der Waals surface area contributed by atoms with Gasteiger partial charge in [-0.3, -0.25) is 9.59 Å². The van der Waals surface area contributed by atoms with Gasteiger partial charge in [0, 0.05) is 24.2 Å². The average molecular weight is 322 g/mol. The molecule has 4 N–H and O–H groups in total. The fourth-order valence-electron chi connectivity index (χ4n) is 3.21. The van der Waals surface area contributed by atoms with Gasteiger partial charge in [0.2, 0.25) is 0 Å². The fourth-order valence-corrected chi connectivity index (χ4v) is 3.21. The molecule has 0 saturated carbocycles. The minimum atomic E-state index is -0.491. The van der Waals surface area contributed by atoms with Crippen molar-refractivity contribution in [3.8, 4) is 5.75 Å². The van der Waals surface area contributed by atoms with E-state index in [1.807, 2.05) is 0 Å². The highest BCUT2D eigenvalue weighted by atomic mass is 16.3. The first-order chi connectivity index (χ1) is 11.1. The average Bonchev–Trinajstić information content (AvgIpc) is 2.55. The van der Waals surface area contributed by atoms with Crippen LogP contribution in [0.25, 0.3) is 0 Å². The Hall–Kier alpha value is -1.82. The molecule has 128 valence electrons. The number of aryl methyl sites for hydroxylation is 1. The Morgan fingerprint density at radius 1 is 1.26 bits per heavy atom. The van der Waals surface area contributed by atoms with Crippen LogP contribution >= 0.6 is 0 Å². The zero-order chi connectivity index (χ0) is 16.8. The summed E-state index contributed by atoms with van der Waals surface area (Å²) in [5, 5.41) is 13.1. The second-order valence-electron chi connectivity index (χ2n) is 6.16. The number of hydrogen-bond acceptors (Lipinski definition) is 3. The van der Waals surface area contributed by atoms with Gasteiger partial charge in [-0.15, -0.1) is 0 Å². The number of aromatic nitrogens is 1. The monoisotopic (exact) mass is 322 g/mol. The van der Waals surface area contributed by atoms with Gasteiger partial charge in [-0.1, -0.05) is 0 Å². The maximum atomic E-state index is 12.3. The molecule has 1 aromatic heterocycles. The van der Waals surface area contributed by atoms with Crippen molar-refractivity contribution in [3.63, 3.8) is 0 Å². The molecule has 0 saturated heterocycles. The van der Waals surface area contributed by atoms with E-state index in [0.29, 0.717) is 13.0 Å². The number of aromatic amines is 1. The molecule has 0 aliphatic heterocycles. The highest BCUT2D eigenvalue weighted by Crippen LogP contribution is 2.28. The zero-order valence-corrected chi connectivity index (χ0v) is 14.1. The highest BCUT2D eigenvalue weighted by molar-refractivity contribution is 5.96. The van der Waals surface area contributed by atoms with Gasteiger partial charge in [0.05, 0.1) is 19.6 Å². The van der Waals surface area contributed by atoms with Crippen molar-refractivity contribution >= 4 is 5.91 Å². The molecule has 0 bridgehead atoms. The second kappa shape index (κ2) is 8.15. The van der Waals surface area contributed by atoms with Crippen LogP contribution in [0.15, 0.2) is 4.79 Å². The summed E-state index contributed by atoms with van der Waals surface area (Å²) < 4.78 is 0. The van der Waals surface area contributed by atoms with Crippen LogP contribution in [-0.2, 0) is 12.8 Å². The topological polar surface area (TPSA) is 86.6 Å². The number of fused-ring (bicyclic) bond motifs is 1. The van der Waals surface area contributed by atoms with Crippen molar-refractivity contribution in [2.45, 2.75) is 46.0 Å². The highest BCUT2D eigenvalue weighted by Gasteiger charge is 2.23. The summed E-state index contributed by atoms with van der Waals surface area (Å²) in [5.74, 6) is -0.609. The first-order valence-corrected chi connectivity index (χ1v) is 8.67. The molecule has 1 aliphatic rings. The molecule has 6 heteroatoms. The van der Waals surface area contributed by atoms with Crippen LogP contribution in [-0.4, -0.2) is 42.2 Å². The van der Waals surface area contributed by atoms with E-state index in [4.69, 9.17) is 0 Å². The van der Waals surface area contributed by atoms with Gasteiger partial charge in [-0.2, -0.15) is 0 Å². The Balaban J connectivity index is 2.01. The van der Waals surface area contributed by atoms with Crippen molar-refractivity contribution in [2.75, 3.05) is 26.2 Å². The van der Waals surface area contributed by atoms with E-state index >= 15 is 0 Å². The number of amides is 1. The molecule has 0 unspecified atom stereocenters. The van der Waals surface area contributed by atoms with Crippen LogP contribution in [0.2, 0.25) is 0 Å². The minimum absolute atomic E-state index is 0.129. The number of carbonyl (C=O) groups is 1. The predicted molar refractivity (Wildman–Crippen MR) is 89.2 cm³/mol. The van der Waals surface area contributed by atoms with Gasteiger partial charge in [0.1, 0.15) is 11.3 Å². The lowest BCUT2D eigenvalue weighted by Crippen LogP contribution is -3.11. The summed E-state index contributed by atoms with van der Waals surface area (Å²) in [6, 6.07) is 0. The quantitative estimate of drug-likeness (QED) is 0.533. The van der Waals surface area contributed by atoms with E-state index in [1.165, 1.54) is 4.90 Å². The Kier molecular flexibility index (Phi) is 6.21. The van der Waals surface area contributed by atoms with Gasteiger partial charge in [-0.05, 0) is 39.5 Å². The van der Waals surface area contributed by atoms with Crippen molar-refractivity contribution < 1.29 is 14.8 Å². The predicted octanol–water partition coefficient (Wildman–Crippen LogP) is 0.00390. The molecule has 0 radical (unpaired) electrons. The van der Waals surface area contributed by atoms with Gasteiger partial charge in [-0.25, -0.2) is 0 Å². The molecule has 2 rings (SSSR count). The number of nitrogens with one attached hydrogen (secondary N) is 3. The van der Waals surface area contributed by atoms with Gasteiger partial charge < -0.3 is 20.3 Å². The third-order valence-electron chi connectivity index (χ3n) is 4.70. The molecule has 23 heavy (non-hydrogen) atoms. The summed E-state index contributed by atoms with van der Waals surface area (Å²) in [6.45, 7) is 7.91. The van der Waals surface area contributed by atoms with Crippen LogP contribution in [0, 0.1) is 0 Å². The van der Waals surface area contributed by atoms with E-state index in [9.17, 15) is 14.7 Å². The molecular formula is C17H28N3O3+. The summed E-state index contributed by atoms with van der Waals surface area (Å²) in [7, 11) is 0. The van der Waals surface area contributed by atoms with Crippen LogP contribution in [0.1, 0.15) is 54.7 Å². The molecular weight excluding hydrogens is 294 g/mol. The van der Waals surface area contributed by atoms with Crippen molar-refractivity contribution in [3.05, 3.63) is 27.2 Å². The molecule has 1 aliphatic carbocycles. The number of aromatic hydroxyl groups is 1. The summed E-state index contributed by atoms with van der Waals surface area (Å²) in [6.07, 6.45) is 4.30. The first kappa shape index (κ1) is 17.5. The molecule has 1 amide bonds. The number of H-pyrrole nitrogens is 1. The standard InChI is InChI=1S/C17H27N3O3/c1-3-20(4-2)11-7-10-18-16(22)14-15(21)12-8-5-6-9-13(12)19-17(14)23/h3-11H2,1-2H3,(H,18,22)(H2,19,21,23)/p+1. The summed E-state index contributed by atoms with van der Waals surface area (Å²) >= 11 is 0. The summed E-state index contributed by atoms with van der Waals surface area (Å²) in [4.78, 5) is 28.6. The Morgan fingerprint density at radius 2 is 1.96 bits per heavy atom. The molecule has 6 nitrogen and oxygen atoms in total. The van der Waals surface area contributed by atoms with Crippen molar-refractivity contribution in [1.29, 1.82) is 0 Å². The fraction of sp³-hybridized carbons (Fsp3) is 0.647. The molecule has 0 fully saturated rings. The molecule has 0 aromatic carbocycles. The second-order valence-corrected chi connectivity index (χ2v) is 6.16. The molecule has 0 atom stereocenters. The van der Waals surface area contributed by atoms with E-state index in [1.54, 1.807) is 0 Å². The minimum Gasteiger partial charge on any atom is -0.507 e. The maximum Gasteiger partial charge on any atom is 0.264 e. The lowest BCUT2D eigenvalue weighted by atomic mass is 9.93. The number of pyridine rings is 1. The summed E-state index contributed by atoms with van der Waals surface area (Å²) in [5.41, 5.74) is 0.880. The van der Waals surface area contributed by atoms with E-state index < -0.39 is 11.5 Å². The number of hydrogen-bond donors (Lipinski definition) is 4. The van der Waals surface area contributed by atoms with Crippen LogP contribution < -0.4 is 15.8 Å². The molecule has 1 heterocycles. The molecule has 0 spiro atoms. The van der Waals surface area contributed by atoms with Gasteiger partial charge in [0.15, 0.2) is 0 Å². The van der Waals surface area contributed by atoms with Crippen molar-refractivity contribution in [2.24, 2.45) is 0 Å². The smallest absolute Gasteiger partial charge is 0.264 e. The SMILES string of the molecule is CC[NH+](CC)CCCNC(=O)c1c(O)c2c([nH]c1=O)CCCC2. The van der Waals surface area contributed by atoms with E-state index in [-0.39, 0.29) is 11.3 Å². The third-order valence-corrected chi connectivity index (χ3v) is 4.70. The van der Waals surface area contributed by atoms with Crippen LogP contribution in [0.4, 0.5) is 0 Å². The first-order valence-electron chi connectivity index (χ1n) is 8.67. The van der Waals surface area contributed by atoms with E-state index in [2.05, 4.69) is 24.1 Å². The normalized spacial score (nSPS) is 13.9. The van der Waals surface area contributed by atoms with Gasteiger partial charge in [0.25, 0.3) is 11.5 Å². The Bertz CT molecular complexity index is 606.